The van der Waals surface area contributed by atoms with Gasteiger partial charge in [0.05, 0.1) is 39.9 Å². The van der Waals surface area contributed by atoms with Crippen molar-refractivity contribution in [1.29, 1.82) is 0 Å². The van der Waals surface area contributed by atoms with Gasteiger partial charge in [-0.05, 0) is 44.9 Å². The molecule has 0 aliphatic carbocycles. The number of hydrogen-bond acceptors (Lipinski definition) is 5. The summed E-state index contributed by atoms with van der Waals surface area (Å²) in [6, 6.07) is -0.763. The third kappa shape index (κ3) is 56.5. The first-order chi connectivity index (χ1) is 34.5. The third-order valence-electron chi connectivity index (χ3n) is 14.5. The van der Waals surface area contributed by atoms with Crippen LogP contribution in [0.4, 0.5) is 0 Å². The van der Waals surface area contributed by atoms with Gasteiger partial charge in [-0.15, -0.1) is 0 Å². The van der Waals surface area contributed by atoms with Crippen LogP contribution in [0.1, 0.15) is 316 Å². The van der Waals surface area contributed by atoms with Crippen molar-refractivity contribution in [2.24, 2.45) is 0 Å². The van der Waals surface area contributed by atoms with Gasteiger partial charge in [0.25, 0.3) is 0 Å². The first kappa shape index (κ1) is 70.0. The Labute approximate surface area is 443 Å². The smallest absolute Gasteiger partial charge is 0.391 e. The molecule has 3 atom stereocenters. The molecule has 9 heteroatoms. The van der Waals surface area contributed by atoms with E-state index >= 15 is 0 Å². The van der Waals surface area contributed by atoms with Gasteiger partial charge in [-0.2, -0.15) is 0 Å². The fourth-order valence-corrected chi connectivity index (χ4v) is 10.3. The van der Waals surface area contributed by atoms with Crippen molar-refractivity contribution in [3.8, 4) is 0 Å². The number of phosphoric acid groups is 1. The number of likely N-dealkylation sites (N-methyl/N-ethyl adjacent to an activating group) is 1. The zero-order valence-corrected chi connectivity index (χ0v) is 49.1. The number of phosphoric ester groups is 1. The second kappa shape index (κ2) is 53.8. The Bertz CT molecular complexity index is 1210. The molecule has 422 valence electrons. The normalized spacial score (nSPS) is 14.0. The van der Waals surface area contributed by atoms with Crippen LogP contribution in [0.2, 0.25) is 0 Å². The highest BCUT2D eigenvalue weighted by atomic mass is 31.2. The summed E-state index contributed by atoms with van der Waals surface area (Å²) in [6.45, 7) is 4.92. The first-order valence-electron chi connectivity index (χ1n) is 31.2. The number of rotatable bonds is 58. The molecule has 3 N–H and O–H groups in total. The average Bonchev–Trinajstić information content (AvgIpc) is 3.33. The quantitative estimate of drug-likeness (QED) is 0.0243. The number of aliphatic hydroxyl groups is 1. The van der Waals surface area contributed by atoms with Crippen molar-refractivity contribution in [2.75, 3.05) is 40.9 Å². The number of hydrogen-bond donors (Lipinski definition) is 3. The molecule has 0 aliphatic rings. The lowest BCUT2D eigenvalue weighted by Crippen LogP contribution is -2.46. The van der Waals surface area contributed by atoms with Gasteiger partial charge in [0.15, 0.2) is 0 Å². The van der Waals surface area contributed by atoms with E-state index in [-0.39, 0.29) is 19.1 Å². The number of allylic oxidation sites excluding steroid dienone is 4. The summed E-state index contributed by atoms with van der Waals surface area (Å²) in [4.78, 5) is 23.4. The Kier molecular flexibility index (Phi) is 53.0. The van der Waals surface area contributed by atoms with E-state index in [1.165, 1.54) is 244 Å². The number of nitrogens with one attached hydrogen (secondary N) is 1. The van der Waals surface area contributed by atoms with Crippen molar-refractivity contribution in [3.05, 3.63) is 24.3 Å². The van der Waals surface area contributed by atoms with Gasteiger partial charge in [-0.25, -0.2) is 4.57 Å². The summed E-state index contributed by atoms with van der Waals surface area (Å²) in [5.74, 6) is -0.144. The maximum absolute atomic E-state index is 13.0. The number of carbonyl (C=O) groups excluding carboxylic acids is 1. The number of aliphatic hydroxyl groups excluding tert-OH is 1. The molecule has 0 aromatic rings. The molecule has 0 saturated heterocycles. The van der Waals surface area contributed by atoms with Crippen LogP contribution in [-0.4, -0.2) is 73.4 Å². The Morgan fingerprint density at radius 3 is 1.15 bits per heavy atom. The highest BCUT2D eigenvalue weighted by molar-refractivity contribution is 7.47. The number of nitrogens with zero attached hydrogens (tertiary/aromatic N) is 1. The van der Waals surface area contributed by atoms with Crippen LogP contribution in [-0.2, 0) is 18.4 Å². The molecular weight excluding hydrogens is 900 g/mol. The molecule has 0 radical (unpaired) electrons. The van der Waals surface area contributed by atoms with E-state index in [9.17, 15) is 19.4 Å². The van der Waals surface area contributed by atoms with Crippen molar-refractivity contribution < 1.29 is 32.9 Å². The van der Waals surface area contributed by atoms with Gasteiger partial charge in [0, 0.05) is 6.42 Å². The van der Waals surface area contributed by atoms with Crippen molar-refractivity contribution in [1.82, 2.24) is 5.32 Å². The molecule has 0 fully saturated rings. The van der Waals surface area contributed by atoms with E-state index in [4.69, 9.17) is 9.05 Å². The second-order valence-corrected chi connectivity index (χ2v) is 24.2. The van der Waals surface area contributed by atoms with Crippen LogP contribution in [0.3, 0.4) is 0 Å². The van der Waals surface area contributed by atoms with E-state index < -0.39 is 20.0 Å². The highest BCUT2D eigenvalue weighted by Gasteiger charge is 2.28. The first-order valence-corrected chi connectivity index (χ1v) is 32.7. The molecule has 1 amide bonds. The Morgan fingerprint density at radius 1 is 0.479 bits per heavy atom. The van der Waals surface area contributed by atoms with Crippen molar-refractivity contribution in [2.45, 2.75) is 328 Å². The lowest BCUT2D eigenvalue weighted by molar-refractivity contribution is -0.870. The van der Waals surface area contributed by atoms with Crippen LogP contribution < -0.4 is 5.32 Å². The Hall–Kier alpha value is -1.02. The highest BCUT2D eigenvalue weighted by Crippen LogP contribution is 2.43. The van der Waals surface area contributed by atoms with E-state index in [2.05, 4.69) is 43.5 Å². The molecule has 8 nitrogen and oxygen atoms in total. The molecule has 71 heavy (non-hydrogen) atoms. The molecule has 0 spiro atoms. The summed E-state index contributed by atoms with van der Waals surface area (Å²) in [5, 5.41) is 14.1. The molecule has 3 unspecified atom stereocenters. The Balaban J connectivity index is 4.09. The van der Waals surface area contributed by atoms with E-state index in [0.29, 0.717) is 23.9 Å². The predicted molar refractivity (Wildman–Crippen MR) is 309 cm³/mol. The summed E-state index contributed by atoms with van der Waals surface area (Å²) in [5.41, 5.74) is 0. The van der Waals surface area contributed by atoms with Crippen LogP contribution in [0.5, 0.6) is 0 Å². The monoisotopic (exact) mass is 1020 g/mol. The SMILES string of the molecule is CCCCCCC/C=C\C/C=C\CCCCCCCCCCCC(=O)NC(COP(=O)(O)OCC[N+](C)(C)C)C(O)CCCCCCCCCCCCCCCCCCCCCCCCCCCCCC. The second-order valence-electron chi connectivity index (χ2n) is 22.8. The lowest BCUT2D eigenvalue weighted by atomic mass is 10.0. The predicted octanol–water partition coefficient (Wildman–Crippen LogP) is 19.2. The van der Waals surface area contributed by atoms with Gasteiger partial charge >= 0.3 is 7.82 Å². The molecular formula is C62H124N2O6P+. The lowest BCUT2D eigenvalue weighted by Gasteiger charge is -2.26. The van der Waals surface area contributed by atoms with E-state index in [0.717, 1.165) is 44.9 Å². The number of unbranched alkanes of at least 4 members (excludes halogenated alkanes) is 41. The molecule has 0 rings (SSSR count). The minimum absolute atomic E-state index is 0.0751. The number of quaternary nitrogens is 1. The summed E-state index contributed by atoms with van der Waals surface area (Å²) in [7, 11) is 1.62. The van der Waals surface area contributed by atoms with Gasteiger partial charge in [-0.3, -0.25) is 13.8 Å². The van der Waals surface area contributed by atoms with Gasteiger partial charge in [0.1, 0.15) is 13.2 Å². The standard InChI is InChI=1S/C62H123N2O6P/c1-6-8-10-12-14-16-18-20-22-24-26-28-29-30-31-32-33-34-36-37-39-41-43-45-47-49-51-53-55-61(65)60(59-70-71(67,68)69-58-57-64(3,4)5)63-62(66)56-54-52-50-48-46-44-42-40-38-35-27-25-23-21-19-17-15-13-11-9-7-2/h19,21,25,27,60-61,65H,6-18,20,22-24,26,28-59H2,1-5H3,(H-,63,66,67,68)/p+1/b21-19-,27-25-. The number of carbonyl (C=O) groups is 1. The van der Waals surface area contributed by atoms with Gasteiger partial charge in [-0.1, -0.05) is 289 Å². The zero-order chi connectivity index (χ0) is 52.0. The minimum Gasteiger partial charge on any atom is -0.391 e. The molecule has 0 saturated carbocycles. The van der Waals surface area contributed by atoms with Crippen molar-refractivity contribution in [3.63, 3.8) is 0 Å². The van der Waals surface area contributed by atoms with Gasteiger partial charge < -0.3 is 19.8 Å². The number of amides is 1. The van der Waals surface area contributed by atoms with E-state index in [1.54, 1.807) is 0 Å². The third-order valence-corrected chi connectivity index (χ3v) is 15.4. The maximum atomic E-state index is 13.0. The summed E-state index contributed by atoms with van der Waals surface area (Å²) < 4.78 is 23.8. The van der Waals surface area contributed by atoms with Crippen LogP contribution in [0.15, 0.2) is 24.3 Å². The summed E-state index contributed by atoms with van der Waals surface area (Å²) in [6.07, 6.45) is 68.2. The van der Waals surface area contributed by atoms with Gasteiger partial charge in [0.2, 0.25) is 5.91 Å². The molecule has 0 bridgehead atoms. The molecule has 0 aromatic carbocycles. The maximum Gasteiger partial charge on any atom is 0.472 e. The fraction of sp³-hybridized carbons (Fsp3) is 0.919. The summed E-state index contributed by atoms with van der Waals surface area (Å²) >= 11 is 0. The zero-order valence-electron chi connectivity index (χ0n) is 48.2. The van der Waals surface area contributed by atoms with Crippen molar-refractivity contribution >= 4 is 13.7 Å². The van der Waals surface area contributed by atoms with Crippen LogP contribution in [0, 0.1) is 0 Å². The Morgan fingerprint density at radius 2 is 0.803 bits per heavy atom. The van der Waals surface area contributed by atoms with E-state index in [1.807, 2.05) is 21.1 Å². The molecule has 0 aromatic heterocycles. The van der Waals surface area contributed by atoms with Crippen LogP contribution in [0.25, 0.3) is 0 Å². The fourth-order valence-electron chi connectivity index (χ4n) is 9.55. The topological polar surface area (TPSA) is 105 Å². The molecule has 0 aliphatic heterocycles. The largest absolute Gasteiger partial charge is 0.472 e. The van der Waals surface area contributed by atoms with Crippen LogP contribution >= 0.6 is 7.82 Å². The average molecular weight is 1020 g/mol. The minimum atomic E-state index is -4.33. The molecule has 0 heterocycles.